The number of methoxy groups -OCH3 is 1. The summed E-state index contributed by atoms with van der Waals surface area (Å²) >= 11 is 6.28. The number of hydrogen-bond acceptors (Lipinski definition) is 9. The van der Waals surface area contributed by atoms with Crippen molar-refractivity contribution >= 4 is 58.2 Å². The van der Waals surface area contributed by atoms with Gasteiger partial charge in [0.25, 0.3) is 17.7 Å². The molecule has 8 rings (SSSR count). The molecule has 0 radical (unpaired) electrons. The predicted molar refractivity (Wildman–Crippen MR) is 214 cm³/mol. The maximum atomic E-state index is 13.4. The first-order valence-corrected chi connectivity index (χ1v) is 20.0. The van der Waals surface area contributed by atoms with Gasteiger partial charge in [0.05, 0.1) is 23.3 Å². The first kappa shape index (κ1) is 38.6. The minimum atomic E-state index is -0.981. The molecule has 3 aromatic rings. The fourth-order valence-corrected chi connectivity index (χ4v) is 9.49. The van der Waals surface area contributed by atoms with Crippen molar-refractivity contribution in [3.8, 4) is 0 Å². The van der Waals surface area contributed by atoms with Gasteiger partial charge in [-0.1, -0.05) is 17.7 Å². The summed E-state index contributed by atoms with van der Waals surface area (Å²) in [5.41, 5.74) is 5.37. The summed E-state index contributed by atoms with van der Waals surface area (Å²) in [6.07, 6.45) is 5.50. The van der Waals surface area contributed by atoms with Gasteiger partial charge in [-0.15, -0.1) is 0 Å². The Morgan fingerprint density at radius 3 is 2.18 bits per heavy atom. The SMILES string of the molecule is [C-]#[N+]c1ccc(N(C)C2CCC(NC(=O)c3ccc(N4CCC(CN5Cc6cc7c(cc6C5)C(=O)N(C5CCC(=O)NC5=O)C7=O)(OC)CC4)cc3)CC2)cc1Cl. The molecule has 14 heteroatoms. The molecule has 0 aromatic heterocycles. The Bertz CT molecular complexity index is 2130. The van der Waals surface area contributed by atoms with Crippen molar-refractivity contribution in [3.05, 3.63) is 98.9 Å². The maximum Gasteiger partial charge on any atom is 0.262 e. The minimum Gasteiger partial charge on any atom is -0.377 e. The van der Waals surface area contributed by atoms with Gasteiger partial charge in [-0.05, 0) is 105 Å². The summed E-state index contributed by atoms with van der Waals surface area (Å²) in [7, 11) is 3.82. The summed E-state index contributed by atoms with van der Waals surface area (Å²) in [4.78, 5) is 75.4. The Kier molecular flexibility index (Phi) is 10.5. The molecule has 1 aliphatic carbocycles. The molecule has 5 aliphatic rings. The van der Waals surface area contributed by atoms with Gasteiger partial charge in [-0.2, -0.15) is 0 Å². The number of hydrogen-bond donors (Lipinski definition) is 2. The van der Waals surface area contributed by atoms with E-state index >= 15 is 0 Å². The van der Waals surface area contributed by atoms with Crippen molar-refractivity contribution in [1.29, 1.82) is 0 Å². The zero-order chi connectivity index (χ0) is 40.0. The quantitative estimate of drug-likeness (QED) is 0.214. The lowest BCUT2D eigenvalue weighted by atomic mass is 9.89. The normalized spacial score (nSPS) is 23.2. The Hall–Kier alpha value is -5.29. The monoisotopic (exact) mass is 791 g/mol. The molecule has 4 aliphatic heterocycles. The van der Waals surface area contributed by atoms with E-state index in [2.05, 4.69) is 37.2 Å². The standard InChI is InChI=1S/C43H46ClN7O6/c1-45-36-13-12-32(22-35(36)44)48(2)30-10-6-29(7-11-30)46-39(53)26-4-8-31(9-5-26)50-18-16-43(57-3,17-19-50)25-49-23-27-20-33-34(21-28(27)24-49)42(56)51(41(33)55)37-14-15-38(52)47-40(37)54/h4-5,8-9,12-13,20-22,29-30,37H,6-7,10-11,14-19,23-25H2,2-3H3,(H,46,53)(H,47,52,54). The number of piperidine rings is 2. The summed E-state index contributed by atoms with van der Waals surface area (Å²) < 4.78 is 6.20. The number of rotatable bonds is 9. The third-order valence-corrected chi connectivity index (χ3v) is 13.0. The minimum absolute atomic E-state index is 0.0610. The smallest absolute Gasteiger partial charge is 0.262 e. The number of nitrogens with one attached hydrogen (secondary N) is 2. The third-order valence-electron chi connectivity index (χ3n) is 12.7. The lowest BCUT2D eigenvalue weighted by molar-refractivity contribution is -0.136. The van der Waals surface area contributed by atoms with Crippen LogP contribution in [-0.2, 0) is 27.4 Å². The van der Waals surface area contributed by atoms with E-state index < -0.39 is 29.7 Å². The zero-order valence-electron chi connectivity index (χ0n) is 32.2. The Morgan fingerprint density at radius 1 is 0.947 bits per heavy atom. The van der Waals surface area contributed by atoms with Crippen LogP contribution < -0.4 is 20.4 Å². The van der Waals surface area contributed by atoms with Crippen LogP contribution in [0.15, 0.2) is 54.6 Å². The number of halogens is 1. The van der Waals surface area contributed by atoms with Crippen molar-refractivity contribution in [2.45, 2.75) is 88.2 Å². The molecule has 296 valence electrons. The number of anilines is 2. The van der Waals surface area contributed by atoms with Gasteiger partial charge in [0.1, 0.15) is 6.04 Å². The number of amides is 5. The second-order valence-electron chi connectivity index (χ2n) is 16.0. The number of carbonyl (C=O) groups excluding carboxylic acids is 5. The Balaban J connectivity index is 0.815. The van der Waals surface area contributed by atoms with Crippen LogP contribution in [0.2, 0.25) is 5.02 Å². The largest absolute Gasteiger partial charge is 0.377 e. The van der Waals surface area contributed by atoms with E-state index in [1.165, 1.54) is 0 Å². The number of imide groups is 2. The topological polar surface area (TPSA) is 136 Å². The molecule has 0 bridgehead atoms. The van der Waals surface area contributed by atoms with Crippen LogP contribution in [0, 0.1) is 6.57 Å². The molecular formula is C43H46ClN7O6. The second-order valence-corrected chi connectivity index (χ2v) is 16.4. The molecular weight excluding hydrogens is 746 g/mol. The van der Waals surface area contributed by atoms with E-state index in [1.807, 2.05) is 36.4 Å². The van der Waals surface area contributed by atoms with Crippen LogP contribution in [0.25, 0.3) is 4.85 Å². The van der Waals surface area contributed by atoms with Crippen LogP contribution in [0.1, 0.15) is 93.6 Å². The van der Waals surface area contributed by atoms with Gasteiger partial charge in [-0.3, -0.25) is 39.1 Å². The molecule has 1 saturated carbocycles. The fourth-order valence-electron chi connectivity index (χ4n) is 9.27. The zero-order valence-corrected chi connectivity index (χ0v) is 32.9. The van der Waals surface area contributed by atoms with Gasteiger partial charge in [0.2, 0.25) is 17.5 Å². The molecule has 2 saturated heterocycles. The number of nitrogens with zero attached hydrogens (tertiary/aromatic N) is 5. The highest BCUT2D eigenvalue weighted by molar-refractivity contribution is 6.33. The van der Waals surface area contributed by atoms with Crippen molar-refractivity contribution in [3.63, 3.8) is 0 Å². The first-order chi connectivity index (χ1) is 27.5. The van der Waals surface area contributed by atoms with Crippen molar-refractivity contribution in [1.82, 2.24) is 20.4 Å². The molecule has 3 fully saturated rings. The van der Waals surface area contributed by atoms with E-state index in [9.17, 15) is 24.0 Å². The lowest BCUT2D eigenvalue weighted by Crippen LogP contribution is -2.54. The molecule has 3 aromatic carbocycles. The first-order valence-electron chi connectivity index (χ1n) is 19.7. The van der Waals surface area contributed by atoms with Crippen LogP contribution in [0.4, 0.5) is 17.1 Å². The van der Waals surface area contributed by atoms with Gasteiger partial charge in [-0.25, -0.2) is 4.85 Å². The fraction of sp³-hybridized carbons (Fsp3) is 0.442. The Labute approximate surface area is 337 Å². The predicted octanol–water partition coefficient (Wildman–Crippen LogP) is 5.47. The molecule has 57 heavy (non-hydrogen) atoms. The van der Waals surface area contributed by atoms with Crippen molar-refractivity contribution < 1.29 is 28.7 Å². The summed E-state index contributed by atoms with van der Waals surface area (Å²) in [6, 6.07) is 16.4. The van der Waals surface area contributed by atoms with Crippen molar-refractivity contribution in [2.75, 3.05) is 43.6 Å². The van der Waals surface area contributed by atoms with Crippen LogP contribution >= 0.6 is 11.6 Å². The highest BCUT2D eigenvalue weighted by Crippen LogP contribution is 2.37. The van der Waals surface area contributed by atoms with Crippen molar-refractivity contribution in [2.24, 2.45) is 0 Å². The Morgan fingerprint density at radius 2 is 1.60 bits per heavy atom. The second kappa shape index (κ2) is 15.6. The van der Waals surface area contributed by atoms with Gasteiger partial charge >= 0.3 is 0 Å². The van der Waals surface area contributed by atoms with Gasteiger partial charge < -0.3 is 19.9 Å². The highest BCUT2D eigenvalue weighted by atomic mass is 35.5. The van der Waals surface area contributed by atoms with Crippen LogP contribution in [0.5, 0.6) is 0 Å². The number of benzene rings is 3. The number of fused-ring (bicyclic) bond motifs is 2. The van der Waals surface area contributed by atoms with E-state index in [4.69, 9.17) is 22.9 Å². The molecule has 1 unspecified atom stereocenters. The highest BCUT2D eigenvalue weighted by Gasteiger charge is 2.46. The van der Waals surface area contributed by atoms with Crippen LogP contribution in [-0.4, -0.2) is 96.9 Å². The number of carbonyl (C=O) groups is 5. The van der Waals surface area contributed by atoms with Gasteiger partial charge in [0.15, 0.2) is 0 Å². The van der Waals surface area contributed by atoms with E-state index in [0.717, 1.165) is 79.0 Å². The third kappa shape index (κ3) is 7.49. The summed E-state index contributed by atoms with van der Waals surface area (Å²) in [5.74, 6) is -2.05. The van der Waals surface area contributed by atoms with E-state index in [-0.39, 0.29) is 30.4 Å². The van der Waals surface area contributed by atoms with Gasteiger partial charge in [0, 0.05) is 87.3 Å². The molecule has 4 heterocycles. The molecule has 0 spiro atoms. The average Bonchev–Trinajstić information content (AvgIpc) is 3.72. The average molecular weight is 792 g/mol. The summed E-state index contributed by atoms with van der Waals surface area (Å²) in [6.45, 7) is 10.8. The maximum absolute atomic E-state index is 13.4. The number of ether oxygens (including phenoxy) is 1. The van der Waals surface area contributed by atoms with E-state index in [0.29, 0.717) is 53.1 Å². The van der Waals surface area contributed by atoms with E-state index in [1.54, 1.807) is 25.3 Å². The molecule has 13 nitrogen and oxygen atoms in total. The molecule has 5 amide bonds. The molecule has 1 atom stereocenters. The summed E-state index contributed by atoms with van der Waals surface area (Å²) in [5, 5.41) is 5.95. The van der Waals surface area contributed by atoms with Crippen LogP contribution in [0.3, 0.4) is 0 Å². The lowest BCUT2D eigenvalue weighted by Gasteiger charge is -2.43. The molecule has 2 N–H and O–H groups in total.